The Bertz CT molecular complexity index is 874. The van der Waals surface area contributed by atoms with Crippen LogP contribution in [-0.4, -0.2) is 79.0 Å². The second-order valence-corrected chi connectivity index (χ2v) is 8.57. The standard InChI is InChI=1S/C24H32N4O3/c1-19-7-8-22(31-19)23(29)27-13-15-28(16-14-27)24(30)25-17-21-10-12-26(18-21)11-9-20-5-3-2-4-6-20/h2-8,21H,9-18H2,1H3,(H,25,30). The number of urea groups is 1. The van der Waals surface area contributed by atoms with Gasteiger partial charge in [0.15, 0.2) is 5.76 Å². The molecule has 2 fully saturated rings. The number of piperazine rings is 1. The number of furan rings is 1. The highest BCUT2D eigenvalue weighted by atomic mass is 16.3. The van der Waals surface area contributed by atoms with Gasteiger partial charge in [0.1, 0.15) is 5.76 Å². The number of nitrogens with zero attached hydrogens (tertiary/aromatic N) is 3. The fraction of sp³-hybridized carbons (Fsp3) is 0.500. The Hall–Kier alpha value is -2.80. The molecule has 0 saturated carbocycles. The second kappa shape index (κ2) is 10.0. The van der Waals surface area contributed by atoms with Gasteiger partial charge in [0.2, 0.25) is 0 Å². The number of benzene rings is 1. The Labute approximate surface area is 184 Å². The molecule has 1 N–H and O–H groups in total. The first kappa shape index (κ1) is 21.4. The van der Waals surface area contributed by atoms with E-state index in [0.717, 1.165) is 38.2 Å². The fourth-order valence-corrected chi connectivity index (χ4v) is 4.38. The Morgan fingerprint density at radius 2 is 1.74 bits per heavy atom. The minimum Gasteiger partial charge on any atom is -0.456 e. The Morgan fingerprint density at radius 3 is 2.45 bits per heavy atom. The quantitative estimate of drug-likeness (QED) is 0.774. The summed E-state index contributed by atoms with van der Waals surface area (Å²) in [6.45, 7) is 7.90. The molecule has 0 spiro atoms. The number of rotatable bonds is 6. The molecule has 166 valence electrons. The number of hydrogen-bond donors (Lipinski definition) is 1. The van der Waals surface area contributed by atoms with Crippen molar-refractivity contribution in [3.8, 4) is 0 Å². The Kier molecular flexibility index (Phi) is 6.92. The maximum absolute atomic E-state index is 12.6. The van der Waals surface area contributed by atoms with E-state index in [1.54, 1.807) is 21.9 Å². The molecule has 0 bridgehead atoms. The summed E-state index contributed by atoms with van der Waals surface area (Å²) in [5, 5.41) is 3.11. The fourth-order valence-electron chi connectivity index (χ4n) is 4.38. The van der Waals surface area contributed by atoms with Crippen LogP contribution in [0.3, 0.4) is 0 Å². The highest BCUT2D eigenvalue weighted by Crippen LogP contribution is 2.16. The Balaban J connectivity index is 1.14. The zero-order chi connectivity index (χ0) is 21.6. The first-order valence-corrected chi connectivity index (χ1v) is 11.2. The van der Waals surface area contributed by atoms with E-state index < -0.39 is 0 Å². The minimum atomic E-state index is -0.102. The van der Waals surface area contributed by atoms with E-state index in [-0.39, 0.29) is 11.9 Å². The maximum Gasteiger partial charge on any atom is 0.317 e. The monoisotopic (exact) mass is 424 g/mol. The number of likely N-dealkylation sites (tertiary alicyclic amines) is 1. The number of hydrogen-bond acceptors (Lipinski definition) is 4. The average molecular weight is 425 g/mol. The van der Waals surface area contributed by atoms with E-state index in [2.05, 4.69) is 40.5 Å². The van der Waals surface area contributed by atoms with Crippen molar-refractivity contribution in [2.24, 2.45) is 5.92 Å². The van der Waals surface area contributed by atoms with Crippen LogP contribution >= 0.6 is 0 Å². The molecule has 7 nitrogen and oxygen atoms in total. The lowest BCUT2D eigenvalue weighted by molar-refractivity contribution is 0.0632. The first-order valence-electron chi connectivity index (χ1n) is 11.2. The van der Waals surface area contributed by atoms with E-state index in [4.69, 9.17) is 4.42 Å². The summed E-state index contributed by atoms with van der Waals surface area (Å²) < 4.78 is 5.43. The van der Waals surface area contributed by atoms with Crippen LogP contribution in [0.25, 0.3) is 0 Å². The average Bonchev–Trinajstić information content (AvgIpc) is 3.45. The van der Waals surface area contributed by atoms with Gasteiger partial charge in [-0.1, -0.05) is 30.3 Å². The van der Waals surface area contributed by atoms with Gasteiger partial charge in [0, 0.05) is 45.8 Å². The van der Waals surface area contributed by atoms with E-state index in [9.17, 15) is 9.59 Å². The molecule has 3 amide bonds. The van der Waals surface area contributed by atoms with Crippen molar-refractivity contribution in [3.05, 3.63) is 59.5 Å². The molecule has 1 unspecified atom stereocenters. The molecule has 1 atom stereocenters. The van der Waals surface area contributed by atoms with Gasteiger partial charge in [0.25, 0.3) is 5.91 Å². The molecular weight excluding hydrogens is 392 g/mol. The molecular formula is C24H32N4O3. The molecule has 2 aliphatic heterocycles. The highest BCUT2D eigenvalue weighted by molar-refractivity contribution is 5.91. The number of carbonyl (C=O) groups is 2. The van der Waals surface area contributed by atoms with Crippen LogP contribution in [0.15, 0.2) is 46.9 Å². The molecule has 0 radical (unpaired) electrons. The van der Waals surface area contributed by atoms with Gasteiger partial charge < -0.3 is 24.4 Å². The minimum absolute atomic E-state index is 0.0244. The summed E-state index contributed by atoms with van der Waals surface area (Å²) >= 11 is 0. The normalized spacial score (nSPS) is 19.6. The van der Waals surface area contributed by atoms with Gasteiger partial charge in [-0.3, -0.25) is 4.79 Å². The third kappa shape index (κ3) is 5.67. The van der Waals surface area contributed by atoms with Gasteiger partial charge in [-0.15, -0.1) is 0 Å². The lowest BCUT2D eigenvalue weighted by Crippen LogP contribution is -2.53. The molecule has 1 aromatic heterocycles. The number of carbonyl (C=O) groups excluding carboxylic acids is 2. The lowest BCUT2D eigenvalue weighted by atomic mass is 10.1. The van der Waals surface area contributed by atoms with Crippen LogP contribution in [-0.2, 0) is 6.42 Å². The van der Waals surface area contributed by atoms with Crippen molar-refractivity contribution in [2.75, 3.05) is 52.4 Å². The predicted octanol–water partition coefficient (Wildman–Crippen LogP) is 2.62. The third-order valence-corrected chi connectivity index (χ3v) is 6.28. The summed E-state index contributed by atoms with van der Waals surface area (Å²) in [7, 11) is 0. The maximum atomic E-state index is 12.6. The second-order valence-electron chi connectivity index (χ2n) is 8.57. The number of aryl methyl sites for hydroxylation is 1. The lowest BCUT2D eigenvalue weighted by Gasteiger charge is -2.34. The number of nitrogens with one attached hydrogen (secondary N) is 1. The van der Waals surface area contributed by atoms with E-state index in [0.29, 0.717) is 44.4 Å². The summed E-state index contributed by atoms with van der Waals surface area (Å²) in [6, 6.07) is 14.1. The van der Waals surface area contributed by atoms with Crippen molar-refractivity contribution in [1.82, 2.24) is 20.0 Å². The van der Waals surface area contributed by atoms with Crippen molar-refractivity contribution in [2.45, 2.75) is 19.8 Å². The summed E-state index contributed by atoms with van der Waals surface area (Å²) in [4.78, 5) is 31.1. The first-order chi connectivity index (χ1) is 15.1. The Morgan fingerprint density at radius 1 is 1.00 bits per heavy atom. The van der Waals surface area contributed by atoms with Gasteiger partial charge in [-0.2, -0.15) is 0 Å². The van der Waals surface area contributed by atoms with Crippen LogP contribution < -0.4 is 5.32 Å². The topological polar surface area (TPSA) is 69.0 Å². The predicted molar refractivity (Wildman–Crippen MR) is 119 cm³/mol. The molecule has 1 aromatic carbocycles. The third-order valence-electron chi connectivity index (χ3n) is 6.28. The SMILES string of the molecule is Cc1ccc(C(=O)N2CCN(C(=O)NCC3CCN(CCc4ccccc4)C3)CC2)o1. The van der Waals surface area contributed by atoms with Crippen LogP contribution in [0.4, 0.5) is 4.79 Å². The molecule has 7 heteroatoms. The molecule has 31 heavy (non-hydrogen) atoms. The molecule has 4 rings (SSSR count). The summed E-state index contributed by atoms with van der Waals surface area (Å²) in [5.74, 6) is 1.50. The van der Waals surface area contributed by atoms with Crippen molar-refractivity contribution in [1.29, 1.82) is 0 Å². The van der Waals surface area contributed by atoms with E-state index in [1.807, 2.05) is 6.92 Å². The summed E-state index contributed by atoms with van der Waals surface area (Å²) in [5.41, 5.74) is 1.37. The zero-order valence-corrected chi connectivity index (χ0v) is 18.3. The highest BCUT2D eigenvalue weighted by Gasteiger charge is 2.27. The van der Waals surface area contributed by atoms with E-state index >= 15 is 0 Å². The van der Waals surface area contributed by atoms with Crippen molar-refractivity contribution >= 4 is 11.9 Å². The number of amides is 3. The van der Waals surface area contributed by atoms with Gasteiger partial charge in [0.05, 0.1) is 0 Å². The van der Waals surface area contributed by atoms with E-state index in [1.165, 1.54) is 5.56 Å². The van der Waals surface area contributed by atoms with Crippen molar-refractivity contribution < 1.29 is 14.0 Å². The largest absolute Gasteiger partial charge is 0.456 e. The van der Waals surface area contributed by atoms with Crippen LogP contribution in [0, 0.1) is 12.8 Å². The van der Waals surface area contributed by atoms with Crippen LogP contribution in [0.2, 0.25) is 0 Å². The van der Waals surface area contributed by atoms with Gasteiger partial charge in [-0.25, -0.2) is 4.79 Å². The molecule has 2 saturated heterocycles. The molecule has 2 aliphatic rings. The zero-order valence-electron chi connectivity index (χ0n) is 18.3. The van der Waals surface area contributed by atoms with Gasteiger partial charge >= 0.3 is 6.03 Å². The smallest absolute Gasteiger partial charge is 0.317 e. The van der Waals surface area contributed by atoms with Gasteiger partial charge in [-0.05, 0) is 49.9 Å². The molecule has 3 heterocycles. The molecule has 2 aromatic rings. The van der Waals surface area contributed by atoms with Crippen molar-refractivity contribution in [3.63, 3.8) is 0 Å². The van der Waals surface area contributed by atoms with Crippen LogP contribution in [0.5, 0.6) is 0 Å². The summed E-state index contributed by atoms with van der Waals surface area (Å²) in [6.07, 6.45) is 2.19. The van der Waals surface area contributed by atoms with Crippen LogP contribution in [0.1, 0.15) is 28.3 Å². The molecule has 0 aliphatic carbocycles.